The smallest absolute Gasteiger partial charge is 0.338 e. The van der Waals surface area contributed by atoms with Gasteiger partial charge in [-0.15, -0.1) is 0 Å². The summed E-state index contributed by atoms with van der Waals surface area (Å²) in [6.45, 7) is 0.252. The third-order valence-corrected chi connectivity index (χ3v) is 3.61. The first kappa shape index (κ1) is 13.3. The fraction of sp³-hybridized carbons (Fsp3) is 0.0714. The van der Waals surface area contributed by atoms with Gasteiger partial charge in [-0.2, -0.15) is 0 Å². The summed E-state index contributed by atoms with van der Waals surface area (Å²) in [5.41, 5.74) is 1.49. The molecule has 2 aromatic rings. The van der Waals surface area contributed by atoms with Crippen molar-refractivity contribution in [2.24, 2.45) is 0 Å². The number of hydrogen-bond donors (Lipinski definition) is 0. The second-order valence-corrected chi connectivity index (χ2v) is 5.45. The molecule has 92 valence electrons. The maximum Gasteiger partial charge on any atom is 0.338 e. The van der Waals surface area contributed by atoms with Gasteiger partial charge < -0.3 is 4.74 Å². The Balaban J connectivity index is 2.02. The summed E-state index contributed by atoms with van der Waals surface area (Å²) in [5.74, 6) is -0.314. The lowest BCUT2D eigenvalue weighted by Crippen LogP contribution is -2.05. The van der Waals surface area contributed by atoms with Crippen LogP contribution in [0.2, 0.25) is 0 Å². The highest BCUT2D eigenvalue weighted by molar-refractivity contribution is 9.11. The van der Waals surface area contributed by atoms with Gasteiger partial charge >= 0.3 is 5.97 Å². The third-order valence-electron chi connectivity index (χ3n) is 2.38. The van der Waals surface area contributed by atoms with Crippen LogP contribution in [0, 0.1) is 0 Å². The van der Waals surface area contributed by atoms with Gasteiger partial charge in [0.1, 0.15) is 6.61 Å². The largest absolute Gasteiger partial charge is 0.457 e. The first-order valence-corrected chi connectivity index (χ1v) is 6.91. The molecule has 18 heavy (non-hydrogen) atoms. The summed E-state index contributed by atoms with van der Waals surface area (Å²) in [6, 6.07) is 14.7. The van der Waals surface area contributed by atoms with Crippen molar-refractivity contribution in [2.75, 3.05) is 0 Å². The van der Waals surface area contributed by atoms with E-state index in [2.05, 4.69) is 31.9 Å². The molecule has 0 aliphatic rings. The number of halogens is 2. The minimum atomic E-state index is -0.314. The number of carbonyl (C=O) groups is 1. The van der Waals surface area contributed by atoms with Crippen LogP contribution in [-0.4, -0.2) is 5.97 Å². The molecule has 0 saturated carbocycles. The van der Waals surface area contributed by atoms with E-state index in [1.807, 2.05) is 36.4 Å². The Kier molecular flexibility index (Phi) is 4.55. The van der Waals surface area contributed by atoms with Crippen molar-refractivity contribution in [2.45, 2.75) is 6.61 Å². The van der Waals surface area contributed by atoms with E-state index < -0.39 is 0 Å². The zero-order valence-electron chi connectivity index (χ0n) is 9.40. The van der Waals surface area contributed by atoms with E-state index in [0.29, 0.717) is 5.56 Å². The molecule has 0 aliphatic heterocycles. The molecule has 0 unspecified atom stereocenters. The maximum absolute atomic E-state index is 11.7. The predicted octanol–water partition coefficient (Wildman–Crippen LogP) is 4.57. The Bertz CT molecular complexity index is 553. The van der Waals surface area contributed by atoms with Crippen LogP contribution >= 0.6 is 31.9 Å². The first-order valence-electron chi connectivity index (χ1n) is 5.33. The number of hydrogen-bond acceptors (Lipinski definition) is 2. The molecule has 0 saturated heterocycles. The molecule has 0 heterocycles. The van der Waals surface area contributed by atoms with Crippen LogP contribution in [0.15, 0.2) is 57.5 Å². The normalized spacial score (nSPS) is 10.1. The van der Waals surface area contributed by atoms with Crippen LogP contribution in [0.1, 0.15) is 15.9 Å². The fourth-order valence-corrected chi connectivity index (χ4v) is 2.60. The molecule has 2 rings (SSSR count). The van der Waals surface area contributed by atoms with E-state index in [4.69, 9.17) is 4.74 Å². The Morgan fingerprint density at radius 2 is 1.78 bits per heavy atom. The van der Waals surface area contributed by atoms with Crippen molar-refractivity contribution in [1.82, 2.24) is 0 Å². The van der Waals surface area contributed by atoms with Gasteiger partial charge in [-0.25, -0.2) is 4.79 Å². The molecule has 0 atom stereocenters. The highest BCUT2D eigenvalue weighted by atomic mass is 79.9. The van der Waals surface area contributed by atoms with Crippen molar-refractivity contribution >= 4 is 37.8 Å². The van der Waals surface area contributed by atoms with E-state index in [9.17, 15) is 4.79 Å². The van der Waals surface area contributed by atoms with Gasteiger partial charge in [-0.1, -0.05) is 56.1 Å². The van der Waals surface area contributed by atoms with Gasteiger partial charge in [0.2, 0.25) is 0 Å². The van der Waals surface area contributed by atoms with Crippen molar-refractivity contribution in [1.29, 1.82) is 0 Å². The topological polar surface area (TPSA) is 26.3 Å². The maximum atomic E-state index is 11.7. The minimum Gasteiger partial charge on any atom is -0.457 e. The summed E-state index contributed by atoms with van der Waals surface area (Å²) in [7, 11) is 0. The predicted molar refractivity (Wildman–Crippen MR) is 77.4 cm³/mol. The van der Waals surface area contributed by atoms with Crippen molar-refractivity contribution in [3.05, 3.63) is 68.6 Å². The molecule has 0 aromatic heterocycles. The molecule has 4 heteroatoms. The van der Waals surface area contributed by atoms with Crippen LogP contribution in [0.3, 0.4) is 0 Å². The molecule has 0 bridgehead atoms. The molecule has 0 spiro atoms. The molecule has 0 radical (unpaired) electrons. The average molecular weight is 370 g/mol. The lowest BCUT2D eigenvalue weighted by molar-refractivity contribution is 0.0472. The lowest BCUT2D eigenvalue weighted by Gasteiger charge is -2.07. The lowest BCUT2D eigenvalue weighted by atomic mass is 10.2. The zero-order valence-corrected chi connectivity index (χ0v) is 12.6. The number of benzene rings is 2. The van der Waals surface area contributed by atoms with Gasteiger partial charge in [0.05, 0.1) is 5.56 Å². The Hall–Kier alpha value is -1.13. The van der Waals surface area contributed by atoms with Crippen molar-refractivity contribution < 1.29 is 9.53 Å². The monoisotopic (exact) mass is 368 g/mol. The quantitative estimate of drug-likeness (QED) is 0.741. The van der Waals surface area contributed by atoms with E-state index in [1.165, 1.54) is 0 Å². The van der Waals surface area contributed by atoms with Crippen LogP contribution in [0.25, 0.3) is 0 Å². The Morgan fingerprint density at radius 3 is 2.44 bits per heavy atom. The average Bonchev–Trinajstić information content (AvgIpc) is 2.38. The van der Waals surface area contributed by atoms with E-state index in [-0.39, 0.29) is 12.6 Å². The molecule has 2 nitrogen and oxygen atoms in total. The molecule has 0 N–H and O–H groups in total. The summed E-state index contributed by atoms with van der Waals surface area (Å²) in [6.07, 6.45) is 0. The fourth-order valence-electron chi connectivity index (χ4n) is 1.44. The van der Waals surface area contributed by atoms with Crippen molar-refractivity contribution in [3.63, 3.8) is 0 Å². The first-order chi connectivity index (χ1) is 8.66. The highest BCUT2D eigenvalue weighted by Crippen LogP contribution is 2.22. The number of esters is 1. The van der Waals surface area contributed by atoms with Crippen LogP contribution in [0.5, 0.6) is 0 Å². The van der Waals surface area contributed by atoms with Crippen LogP contribution < -0.4 is 0 Å². The SMILES string of the molecule is O=C(OCc1ccc(Br)cc1Br)c1ccccc1. The second kappa shape index (κ2) is 6.16. The van der Waals surface area contributed by atoms with E-state index in [0.717, 1.165) is 14.5 Å². The van der Waals surface area contributed by atoms with Crippen LogP contribution in [0.4, 0.5) is 0 Å². The summed E-state index contributed by atoms with van der Waals surface area (Å²) >= 11 is 6.81. The number of carbonyl (C=O) groups excluding carboxylic acids is 1. The zero-order chi connectivity index (χ0) is 13.0. The number of ether oxygens (including phenoxy) is 1. The minimum absolute atomic E-state index is 0.252. The number of rotatable bonds is 3. The summed E-state index contributed by atoms with van der Waals surface area (Å²) < 4.78 is 7.14. The van der Waals surface area contributed by atoms with Gasteiger partial charge in [-0.05, 0) is 24.3 Å². The molecule has 0 fully saturated rings. The van der Waals surface area contributed by atoms with Crippen LogP contribution in [-0.2, 0) is 11.3 Å². The third kappa shape index (κ3) is 3.43. The van der Waals surface area contributed by atoms with Gasteiger partial charge in [0, 0.05) is 14.5 Å². The van der Waals surface area contributed by atoms with E-state index >= 15 is 0 Å². The Labute approximate surface area is 122 Å². The molecular weight excluding hydrogens is 360 g/mol. The van der Waals surface area contributed by atoms with Gasteiger partial charge in [0.15, 0.2) is 0 Å². The van der Waals surface area contributed by atoms with Gasteiger partial charge in [0.25, 0.3) is 0 Å². The standard InChI is InChI=1S/C14H10Br2O2/c15-12-7-6-11(13(16)8-12)9-18-14(17)10-4-2-1-3-5-10/h1-8H,9H2. The molecule has 0 aliphatic carbocycles. The summed E-state index contributed by atoms with van der Waals surface area (Å²) in [4.78, 5) is 11.7. The second-order valence-electron chi connectivity index (χ2n) is 3.68. The molecule has 0 amide bonds. The highest BCUT2D eigenvalue weighted by Gasteiger charge is 2.08. The summed E-state index contributed by atoms with van der Waals surface area (Å²) in [5, 5.41) is 0. The molecule has 2 aromatic carbocycles. The Morgan fingerprint density at radius 1 is 1.06 bits per heavy atom. The molecular formula is C14H10Br2O2. The van der Waals surface area contributed by atoms with Crippen molar-refractivity contribution in [3.8, 4) is 0 Å². The van der Waals surface area contributed by atoms with E-state index in [1.54, 1.807) is 12.1 Å². The van der Waals surface area contributed by atoms with Gasteiger partial charge in [-0.3, -0.25) is 0 Å².